The summed E-state index contributed by atoms with van der Waals surface area (Å²) in [5.41, 5.74) is 2.86. The number of benzene rings is 6. The van der Waals surface area contributed by atoms with Crippen LogP contribution in [0.4, 0.5) is 0 Å². The topological polar surface area (TPSA) is 44.8 Å². The molecule has 0 fully saturated rings. The van der Waals surface area contributed by atoms with Crippen LogP contribution in [0.25, 0.3) is 21.9 Å². The summed E-state index contributed by atoms with van der Waals surface area (Å²) in [6, 6.07) is 45.5. The van der Waals surface area contributed by atoms with E-state index in [1.165, 1.54) is 0 Å². The summed E-state index contributed by atoms with van der Waals surface area (Å²) in [6.07, 6.45) is 0. The fourth-order valence-electron chi connectivity index (χ4n) is 5.36. The fourth-order valence-corrected chi connectivity index (χ4v) is 8.17. The van der Waals surface area contributed by atoms with Gasteiger partial charge in [0.2, 0.25) is 0 Å². The monoisotopic (exact) mass is 570 g/mol. The number of hydrogen-bond donors (Lipinski definition) is 0. The van der Waals surface area contributed by atoms with Crippen molar-refractivity contribution in [3.63, 3.8) is 0 Å². The Kier molecular flexibility index (Phi) is 7.81. The van der Waals surface area contributed by atoms with Crippen LogP contribution in [-0.2, 0) is 11.2 Å². The van der Waals surface area contributed by atoms with Gasteiger partial charge in [-0.1, -0.05) is 84.9 Å². The van der Waals surface area contributed by atoms with Crippen LogP contribution in [0.2, 0.25) is 0 Å². The van der Waals surface area contributed by atoms with E-state index in [1.807, 2.05) is 109 Å². The largest absolute Gasteiger partial charge is 0.497 e. The molecule has 0 saturated carbocycles. The smallest absolute Gasteiger partial charge is 0.171 e. The number of rotatable bonds is 9. The van der Waals surface area contributed by atoms with Crippen LogP contribution in [0.15, 0.2) is 140 Å². The molecule has 0 bridgehead atoms. The van der Waals surface area contributed by atoms with Crippen molar-refractivity contribution in [1.82, 2.24) is 0 Å². The van der Waals surface area contributed by atoms with Crippen LogP contribution in [0.3, 0.4) is 0 Å². The van der Waals surface area contributed by atoms with E-state index in [4.69, 9.17) is 14.2 Å². The molecule has 6 rings (SSSR count). The molecule has 0 spiro atoms. The molecule has 0 aliphatic rings. The lowest BCUT2D eigenvalue weighted by Crippen LogP contribution is -2.26. The van der Waals surface area contributed by atoms with Crippen LogP contribution in [0.5, 0.6) is 17.2 Å². The third kappa shape index (κ3) is 5.18. The van der Waals surface area contributed by atoms with Gasteiger partial charge in [0.25, 0.3) is 0 Å². The van der Waals surface area contributed by atoms with Gasteiger partial charge in [0, 0.05) is 21.5 Å². The number of methoxy groups -OCH3 is 2. The van der Waals surface area contributed by atoms with Crippen molar-refractivity contribution in [3.8, 4) is 28.4 Å². The molecule has 0 unspecified atom stereocenters. The lowest BCUT2D eigenvalue weighted by atomic mass is 9.97. The van der Waals surface area contributed by atoms with Crippen LogP contribution in [0.1, 0.15) is 5.56 Å². The minimum Gasteiger partial charge on any atom is -0.497 e. The first-order valence-corrected chi connectivity index (χ1v) is 15.5. The Bertz CT molecular complexity index is 1810. The van der Waals surface area contributed by atoms with Gasteiger partial charge in [-0.15, -0.1) is 0 Å². The predicted molar refractivity (Wildman–Crippen MR) is 173 cm³/mol. The van der Waals surface area contributed by atoms with Gasteiger partial charge in [0.1, 0.15) is 23.9 Å². The molecular formula is C37H31O4P. The molecule has 0 atom stereocenters. The van der Waals surface area contributed by atoms with Crippen molar-refractivity contribution in [2.45, 2.75) is 6.61 Å². The number of fused-ring (bicyclic) bond motifs is 1. The molecular weight excluding hydrogens is 539 g/mol. The molecule has 0 saturated heterocycles. The molecule has 0 amide bonds. The summed E-state index contributed by atoms with van der Waals surface area (Å²) in [5, 5.41) is 4.28. The normalized spacial score (nSPS) is 11.3. The van der Waals surface area contributed by atoms with Gasteiger partial charge in [0.15, 0.2) is 7.14 Å². The maximum absolute atomic E-state index is 15.7. The molecule has 0 N–H and O–H groups in total. The highest BCUT2D eigenvalue weighted by Gasteiger charge is 2.33. The quantitative estimate of drug-likeness (QED) is 0.167. The number of ether oxygens (including phenoxy) is 3. The first-order valence-electron chi connectivity index (χ1n) is 13.8. The Labute approximate surface area is 246 Å². The first-order chi connectivity index (χ1) is 20.6. The summed E-state index contributed by atoms with van der Waals surface area (Å²) in [5.74, 6) is 2.15. The van der Waals surface area contributed by atoms with Crippen LogP contribution >= 0.6 is 7.14 Å². The highest BCUT2D eigenvalue weighted by atomic mass is 31.2. The third-order valence-electron chi connectivity index (χ3n) is 7.51. The van der Waals surface area contributed by atoms with E-state index in [-0.39, 0.29) is 0 Å². The molecule has 0 aliphatic carbocycles. The average Bonchev–Trinajstić information content (AvgIpc) is 3.07. The molecule has 0 aliphatic heterocycles. The Morgan fingerprint density at radius 1 is 0.571 bits per heavy atom. The van der Waals surface area contributed by atoms with E-state index >= 15 is 4.57 Å². The zero-order valence-electron chi connectivity index (χ0n) is 23.6. The Hall–Kier alpha value is -4.79. The van der Waals surface area contributed by atoms with E-state index in [0.29, 0.717) is 28.7 Å². The maximum atomic E-state index is 15.7. The van der Waals surface area contributed by atoms with Gasteiger partial charge in [-0.05, 0) is 76.5 Å². The summed E-state index contributed by atoms with van der Waals surface area (Å²) in [6.45, 7) is 0.420. The second-order valence-corrected chi connectivity index (χ2v) is 12.7. The van der Waals surface area contributed by atoms with E-state index in [2.05, 4.69) is 30.3 Å². The Morgan fingerprint density at radius 3 is 1.79 bits per heavy atom. The molecule has 0 heterocycles. The maximum Gasteiger partial charge on any atom is 0.171 e. The van der Waals surface area contributed by atoms with E-state index < -0.39 is 7.14 Å². The highest BCUT2D eigenvalue weighted by Crippen LogP contribution is 2.48. The van der Waals surface area contributed by atoms with Crippen LogP contribution in [-0.4, -0.2) is 14.2 Å². The van der Waals surface area contributed by atoms with Crippen molar-refractivity contribution in [2.75, 3.05) is 14.2 Å². The molecule has 4 nitrogen and oxygen atoms in total. The zero-order chi connectivity index (χ0) is 28.9. The van der Waals surface area contributed by atoms with Crippen molar-refractivity contribution >= 4 is 33.8 Å². The fraction of sp³-hybridized carbons (Fsp3) is 0.0811. The van der Waals surface area contributed by atoms with Crippen LogP contribution in [0, 0.1) is 0 Å². The predicted octanol–water partition coefficient (Wildman–Crippen LogP) is 7.74. The lowest BCUT2D eigenvalue weighted by molar-refractivity contribution is 0.308. The minimum atomic E-state index is -3.38. The molecule has 208 valence electrons. The van der Waals surface area contributed by atoms with Crippen molar-refractivity contribution in [3.05, 3.63) is 145 Å². The lowest BCUT2D eigenvalue weighted by Gasteiger charge is -2.25. The minimum absolute atomic E-state index is 0.420. The molecule has 6 aromatic carbocycles. The molecule has 5 heteroatoms. The molecule has 0 radical (unpaired) electrons. The SMILES string of the molecule is COc1ccc(P(=O)(c2ccc(OC)cc2)c2ccccc2-c2c(OCc3ccccc3)ccc3ccccc23)cc1. The van der Waals surface area contributed by atoms with Gasteiger partial charge in [-0.3, -0.25) is 0 Å². The van der Waals surface area contributed by atoms with E-state index in [9.17, 15) is 0 Å². The van der Waals surface area contributed by atoms with Gasteiger partial charge in [-0.25, -0.2) is 0 Å². The summed E-state index contributed by atoms with van der Waals surface area (Å²) >= 11 is 0. The highest BCUT2D eigenvalue weighted by molar-refractivity contribution is 7.85. The number of hydrogen-bond acceptors (Lipinski definition) is 4. The van der Waals surface area contributed by atoms with Crippen molar-refractivity contribution in [2.24, 2.45) is 0 Å². The zero-order valence-corrected chi connectivity index (χ0v) is 24.5. The Morgan fingerprint density at radius 2 is 1.14 bits per heavy atom. The van der Waals surface area contributed by atoms with E-state index in [0.717, 1.165) is 38.5 Å². The standard InChI is InChI=1S/C37H31O4P/c1-39-29-17-21-31(22-18-29)42(38,32-23-19-30(40-2)20-24-32)36-15-9-8-14-34(36)37-33-13-7-6-12-28(33)16-25-35(37)41-26-27-10-4-3-5-11-27/h3-25H,26H2,1-2H3. The van der Waals surface area contributed by atoms with Gasteiger partial charge >= 0.3 is 0 Å². The van der Waals surface area contributed by atoms with Gasteiger partial charge in [-0.2, -0.15) is 0 Å². The van der Waals surface area contributed by atoms with Crippen molar-refractivity contribution < 1.29 is 18.8 Å². The van der Waals surface area contributed by atoms with E-state index in [1.54, 1.807) is 14.2 Å². The summed E-state index contributed by atoms with van der Waals surface area (Å²) < 4.78 is 33.1. The molecule has 0 aromatic heterocycles. The van der Waals surface area contributed by atoms with Gasteiger partial charge < -0.3 is 18.8 Å². The summed E-state index contributed by atoms with van der Waals surface area (Å²) in [7, 11) is -0.122. The van der Waals surface area contributed by atoms with Gasteiger partial charge in [0.05, 0.1) is 14.2 Å². The molecule has 6 aromatic rings. The Balaban J connectivity index is 1.59. The second kappa shape index (κ2) is 12.0. The average molecular weight is 571 g/mol. The third-order valence-corrected chi connectivity index (χ3v) is 10.6. The summed E-state index contributed by atoms with van der Waals surface area (Å²) in [4.78, 5) is 0. The van der Waals surface area contributed by atoms with Crippen LogP contribution < -0.4 is 30.1 Å². The molecule has 42 heavy (non-hydrogen) atoms. The van der Waals surface area contributed by atoms with Crippen molar-refractivity contribution in [1.29, 1.82) is 0 Å². The second-order valence-electron chi connectivity index (χ2n) is 9.96. The first kappa shape index (κ1) is 27.4.